The number of halogens is 3. The van der Waals surface area contributed by atoms with Gasteiger partial charge in [-0.05, 0) is 60.2 Å². The SMILES string of the molecule is CC(C)C[C@@H](C(=O)N1C[C@]2(C[C@H]1C#N)C(=O)Nc1ccccc12)N(C)C(=O)[C@H](C)NC(=O)c1ccccc1-c1ccc(C(F)(F)F)cc1. The van der Waals surface area contributed by atoms with Crippen LogP contribution in [0.4, 0.5) is 18.9 Å². The molecule has 4 atom stereocenters. The van der Waals surface area contributed by atoms with Crippen LogP contribution in [-0.4, -0.2) is 65.1 Å². The molecule has 9 nitrogen and oxygen atoms in total. The van der Waals surface area contributed by atoms with Crippen molar-refractivity contribution in [2.24, 2.45) is 5.92 Å². The molecular formula is C36H36F3N5O4. The van der Waals surface area contributed by atoms with E-state index in [4.69, 9.17) is 0 Å². The van der Waals surface area contributed by atoms with Gasteiger partial charge in [0.25, 0.3) is 5.91 Å². The van der Waals surface area contributed by atoms with Crippen LogP contribution in [0, 0.1) is 17.2 Å². The van der Waals surface area contributed by atoms with Gasteiger partial charge in [-0.15, -0.1) is 0 Å². The number of nitrogens with one attached hydrogen (secondary N) is 2. The molecule has 250 valence electrons. The van der Waals surface area contributed by atoms with Crippen molar-refractivity contribution in [3.8, 4) is 17.2 Å². The lowest BCUT2D eigenvalue weighted by Gasteiger charge is -2.34. The summed E-state index contributed by atoms with van der Waals surface area (Å²) in [7, 11) is 1.47. The minimum absolute atomic E-state index is 0.0173. The number of nitriles is 1. The first-order chi connectivity index (χ1) is 22.7. The van der Waals surface area contributed by atoms with E-state index in [9.17, 15) is 37.6 Å². The number of carbonyl (C=O) groups is 4. The molecule has 1 fully saturated rings. The second kappa shape index (κ2) is 13.1. The lowest BCUT2D eigenvalue weighted by atomic mass is 9.80. The standard InChI is InChI=1S/C36H36F3N5O4/c1-21(2)17-30(33(47)44-20-35(18-25(44)19-40)28-11-7-8-12-29(28)42-34(35)48)43(4)32(46)22(3)41-31(45)27-10-6-5-9-26(27)23-13-15-24(16-14-23)36(37,38)39/h5-16,21-22,25,30H,17-18,20H2,1-4H3,(H,41,45)(H,42,48)/t22-,25-,30-,35-/m0/s1. The van der Waals surface area contributed by atoms with Crippen LogP contribution < -0.4 is 10.6 Å². The Morgan fingerprint density at radius 1 is 1.04 bits per heavy atom. The maximum atomic E-state index is 14.2. The van der Waals surface area contributed by atoms with Crippen molar-refractivity contribution < 1.29 is 32.3 Å². The molecule has 4 amide bonds. The molecular weight excluding hydrogens is 623 g/mol. The fourth-order valence-electron chi connectivity index (χ4n) is 6.62. The zero-order chi connectivity index (χ0) is 35.0. The van der Waals surface area contributed by atoms with E-state index >= 15 is 0 Å². The number of amides is 4. The van der Waals surface area contributed by atoms with Crippen LogP contribution in [0.3, 0.4) is 0 Å². The molecule has 2 N–H and O–H groups in total. The van der Waals surface area contributed by atoms with Crippen molar-refractivity contribution in [3.05, 3.63) is 89.5 Å². The normalized spacial score (nSPS) is 19.8. The number of likely N-dealkylation sites (tertiary alicyclic amines) is 1. The first-order valence-electron chi connectivity index (χ1n) is 15.6. The van der Waals surface area contributed by atoms with Crippen LogP contribution in [0.15, 0.2) is 72.8 Å². The van der Waals surface area contributed by atoms with Gasteiger partial charge in [0.05, 0.1) is 17.0 Å². The van der Waals surface area contributed by atoms with Crippen LogP contribution in [0.2, 0.25) is 0 Å². The van der Waals surface area contributed by atoms with E-state index in [1.807, 2.05) is 19.9 Å². The van der Waals surface area contributed by atoms with Crippen molar-refractivity contribution in [2.45, 2.75) is 63.3 Å². The number of anilines is 1. The number of benzene rings is 3. The summed E-state index contributed by atoms with van der Waals surface area (Å²) in [4.78, 5) is 57.3. The molecule has 3 aromatic rings. The zero-order valence-electron chi connectivity index (χ0n) is 27.0. The average molecular weight is 660 g/mol. The minimum atomic E-state index is -4.51. The number of alkyl halides is 3. The monoisotopic (exact) mass is 659 g/mol. The first kappa shape index (κ1) is 34.2. The van der Waals surface area contributed by atoms with E-state index in [1.165, 1.54) is 42.0 Å². The number of hydrogen-bond acceptors (Lipinski definition) is 5. The van der Waals surface area contributed by atoms with Gasteiger partial charge >= 0.3 is 6.18 Å². The highest BCUT2D eigenvalue weighted by Crippen LogP contribution is 2.46. The Bertz CT molecular complexity index is 1790. The van der Waals surface area contributed by atoms with Gasteiger partial charge in [-0.1, -0.05) is 62.4 Å². The molecule has 0 radical (unpaired) electrons. The van der Waals surface area contributed by atoms with Crippen LogP contribution in [-0.2, 0) is 26.0 Å². The predicted molar refractivity (Wildman–Crippen MR) is 172 cm³/mol. The van der Waals surface area contributed by atoms with Gasteiger partial charge in [0.1, 0.15) is 18.1 Å². The Labute approximate surface area is 276 Å². The smallest absolute Gasteiger partial charge is 0.341 e. The Kier molecular flexibility index (Phi) is 9.35. The van der Waals surface area contributed by atoms with Crippen molar-refractivity contribution in [1.29, 1.82) is 5.26 Å². The highest BCUT2D eigenvalue weighted by Gasteiger charge is 2.56. The molecule has 0 bridgehead atoms. The van der Waals surface area contributed by atoms with E-state index in [0.29, 0.717) is 16.8 Å². The van der Waals surface area contributed by atoms with Crippen molar-refractivity contribution in [1.82, 2.24) is 15.1 Å². The first-order valence-corrected chi connectivity index (χ1v) is 15.6. The van der Waals surface area contributed by atoms with E-state index in [1.54, 1.807) is 36.4 Å². The molecule has 2 heterocycles. The van der Waals surface area contributed by atoms with Crippen molar-refractivity contribution in [2.75, 3.05) is 18.9 Å². The largest absolute Gasteiger partial charge is 0.416 e. The molecule has 0 aromatic heterocycles. The van der Waals surface area contributed by atoms with Gasteiger partial charge < -0.3 is 20.4 Å². The highest BCUT2D eigenvalue weighted by molar-refractivity contribution is 6.07. The molecule has 1 spiro atoms. The molecule has 0 saturated carbocycles. The van der Waals surface area contributed by atoms with Gasteiger partial charge in [0, 0.05) is 31.3 Å². The second-order valence-electron chi connectivity index (χ2n) is 12.8. The highest BCUT2D eigenvalue weighted by atomic mass is 19.4. The average Bonchev–Trinajstić information content (AvgIpc) is 3.59. The van der Waals surface area contributed by atoms with Gasteiger partial charge in [-0.3, -0.25) is 19.2 Å². The molecule has 2 aliphatic heterocycles. The third-order valence-corrected chi connectivity index (χ3v) is 9.12. The molecule has 12 heteroatoms. The van der Waals surface area contributed by atoms with Gasteiger partial charge in [-0.2, -0.15) is 18.4 Å². The summed E-state index contributed by atoms with van der Waals surface area (Å²) in [6.45, 7) is 5.26. The Morgan fingerprint density at radius 3 is 2.33 bits per heavy atom. The lowest BCUT2D eigenvalue weighted by Crippen LogP contribution is -2.55. The van der Waals surface area contributed by atoms with Crippen LogP contribution in [0.25, 0.3) is 11.1 Å². The number of para-hydroxylation sites is 1. The predicted octanol–water partition coefficient (Wildman–Crippen LogP) is 5.38. The van der Waals surface area contributed by atoms with Crippen LogP contribution in [0.5, 0.6) is 0 Å². The van der Waals surface area contributed by atoms with Crippen LogP contribution >= 0.6 is 0 Å². The summed E-state index contributed by atoms with van der Waals surface area (Å²) < 4.78 is 39.3. The number of fused-ring (bicyclic) bond motifs is 2. The molecule has 2 aliphatic rings. The van der Waals surface area contributed by atoms with Gasteiger partial charge in [0.15, 0.2) is 0 Å². The van der Waals surface area contributed by atoms with E-state index in [0.717, 1.165) is 17.7 Å². The summed E-state index contributed by atoms with van der Waals surface area (Å²) in [5.74, 6) is -1.95. The Morgan fingerprint density at radius 2 is 1.69 bits per heavy atom. The molecule has 48 heavy (non-hydrogen) atoms. The van der Waals surface area contributed by atoms with E-state index in [2.05, 4.69) is 16.7 Å². The molecule has 3 aromatic carbocycles. The molecule has 0 unspecified atom stereocenters. The number of hydrogen-bond donors (Lipinski definition) is 2. The number of carbonyl (C=O) groups excluding carboxylic acids is 4. The van der Waals surface area contributed by atoms with E-state index in [-0.39, 0.29) is 36.8 Å². The topological polar surface area (TPSA) is 123 Å². The second-order valence-corrected chi connectivity index (χ2v) is 12.8. The van der Waals surface area contributed by atoms with Crippen LogP contribution in [0.1, 0.15) is 55.1 Å². The summed E-state index contributed by atoms with van der Waals surface area (Å²) in [5.41, 5.74) is 0.395. The lowest BCUT2D eigenvalue weighted by molar-refractivity contribution is -0.146. The number of nitrogens with zero attached hydrogens (tertiary/aromatic N) is 3. The quantitative estimate of drug-likeness (QED) is 0.337. The summed E-state index contributed by atoms with van der Waals surface area (Å²) in [6.07, 6.45) is -4.12. The molecule has 5 rings (SSSR count). The number of likely N-dealkylation sites (N-methyl/N-ethyl adjacent to an activating group) is 1. The van der Waals surface area contributed by atoms with Gasteiger partial charge in [-0.25, -0.2) is 0 Å². The fourth-order valence-corrected chi connectivity index (χ4v) is 6.62. The maximum Gasteiger partial charge on any atom is 0.416 e. The fraction of sp³-hybridized carbons (Fsp3) is 0.361. The van der Waals surface area contributed by atoms with Crippen molar-refractivity contribution >= 4 is 29.3 Å². The summed E-state index contributed by atoms with van der Waals surface area (Å²) in [6, 6.07) is 17.2. The number of rotatable bonds is 8. The summed E-state index contributed by atoms with van der Waals surface area (Å²) >= 11 is 0. The third-order valence-electron chi connectivity index (χ3n) is 9.12. The van der Waals surface area contributed by atoms with E-state index < -0.39 is 53.0 Å². The molecule has 0 aliphatic carbocycles. The minimum Gasteiger partial charge on any atom is -0.341 e. The Hall–Kier alpha value is -5.18. The zero-order valence-corrected chi connectivity index (χ0v) is 27.0. The maximum absolute atomic E-state index is 14.2. The third kappa shape index (κ3) is 6.37. The van der Waals surface area contributed by atoms with Crippen molar-refractivity contribution in [3.63, 3.8) is 0 Å². The summed E-state index contributed by atoms with van der Waals surface area (Å²) in [5, 5.41) is 15.6. The molecule has 1 saturated heterocycles. The Balaban J connectivity index is 1.34. The van der Waals surface area contributed by atoms with Gasteiger partial charge in [0.2, 0.25) is 17.7 Å².